The highest BCUT2D eigenvalue weighted by atomic mass is 32.2. The highest BCUT2D eigenvalue weighted by Crippen LogP contribution is 2.32. The van der Waals surface area contributed by atoms with Gasteiger partial charge in [0.25, 0.3) is 5.91 Å². The molecule has 0 bridgehead atoms. The van der Waals surface area contributed by atoms with E-state index >= 15 is 0 Å². The van der Waals surface area contributed by atoms with Crippen LogP contribution in [0, 0.1) is 6.92 Å². The summed E-state index contributed by atoms with van der Waals surface area (Å²) in [6.07, 6.45) is 2.68. The van der Waals surface area contributed by atoms with E-state index < -0.39 is 10.0 Å². The van der Waals surface area contributed by atoms with Gasteiger partial charge in [-0.15, -0.1) is 0 Å². The molecule has 1 N–H and O–H groups in total. The summed E-state index contributed by atoms with van der Waals surface area (Å²) in [6.45, 7) is 4.29. The van der Waals surface area contributed by atoms with Gasteiger partial charge in [-0.1, -0.05) is 24.6 Å². The normalized spacial score (nSPS) is 17.9. The molecule has 0 saturated carbocycles. The molecule has 150 valence electrons. The van der Waals surface area contributed by atoms with Gasteiger partial charge in [-0.05, 0) is 56.5 Å². The Hall–Kier alpha value is -2.38. The fourth-order valence-electron chi connectivity index (χ4n) is 3.48. The molecule has 2 aromatic carbocycles. The zero-order chi connectivity index (χ0) is 20.3. The number of rotatable bonds is 5. The Bertz CT molecular complexity index is 972. The maximum atomic E-state index is 13.3. The summed E-state index contributed by atoms with van der Waals surface area (Å²) < 4.78 is 33.4. The smallest absolute Gasteiger partial charge is 0.255 e. The number of nitrogens with zero attached hydrogens (tertiary/aromatic N) is 1. The van der Waals surface area contributed by atoms with Crippen LogP contribution in [0.2, 0.25) is 0 Å². The molecule has 0 aromatic heterocycles. The number of carbonyl (C=O) groups excluding carboxylic acids is 1. The number of aryl methyl sites for hydroxylation is 1. The molecule has 0 aliphatic carbocycles. The number of methoxy groups -OCH3 is 1. The summed E-state index contributed by atoms with van der Waals surface area (Å²) in [6, 6.07) is 11.9. The van der Waals surface area contributed by atoms with Crippen molar-refractivity contribution in [2.24, 2.45) is 0 Å². The standard InChI is InChI=1S/C21H26N2O4S/c1-15-8-4-5-10-18(15)22-21(24)17-11-12-19(27-3)20(14-17)28(25,26)23-13-7-6-9-16(23)2/h4-5,8,10-12,14,16H,6-7,9,13H2,1-3H3,(H,22,24)/t16-/m1/s1. The van der Waals surface area contributed by atoms with Crippen LogP contribution >= 0.6 is 0 Å². The Balaban J connectivity index is 1.96. The average molecular weight is 403 g/mol. The molecule has 0 radical (unpaired) electrons. The van der Waals surface area contributed by atoms with E-state index in [1.165, 1.54) is 23.5 Å². The summed E-state index contributed by atoms with van der Waals surface area (Å²) >= 11 is 0. The Morgan fingerprint density at radius 1 is 1.18 bits per heavy atom. The van der Waals surface area contributed by atoms with Crippen molar-refractivity contribution in [1.82, 2.24) is 4.31 Å². The van der Waals surface area contributed by atoms with Gasteiger partial charge in [0.05, 0.1) is 7.11 Å². The second kappa shape index (κ2) is 8.32. The minimum atomic E-state index is -3.76. The number of para-hydroxylation sites is 1. The van der Waals surface area contributed by atoms with E-state index in [4.69, 9.17) is 4.74 Å². The molecule has 1 aliphatic rings. The van der Waals surface area contributed by atoms with Crippen molar-refractivity contribution < 1.29 is 17.9 Å². The van der Waals surface area contributed by atoms with Crippen LogP contribution in [0.5, 0.6) is 5.75 Å². The van der Waals surface area contributed by atoms with Gasteiger partial charge in [0.15, 0.2) is 0 Å². The number of anilines is 1. The zero-order valence-electron chi connectivity index (χ0n) is 16.4. The van der Waals surface area contributed by atoms with Crippen molar-refractivity contribution in [3.05, 3.63) is 53.6 Å². The number of benzene rings is 2. The van der Waals surface area contributed by atoms with Crippen molar-refractivity contribution in [3.63, 3.8) is 0 Å². The molecule has 1 saturated heterocycles. The first-order valence-electron chi connectivity index (χ1n) is 9.41. The van der Waals surface area contributed by atoms with Crippen molar-refractivity contribution in [2.75, 3.05) is 19.0 Å². The van der Waals surface area contributed by atoms with Gasteiger partial charge in [0, 0.05) is 23.8 Å². The van der Waals surface area contributed by atoms with Crippen LogP contribution in [0.25, 0.3) is 0 Å². The van der Waals surface area contributed by atoms with Crippen LogP contribution in [0.4, 0.5) is 5.69 Å². The van der Waals surface area contributed by atoms with E-state index in [0.717, 1.165) is 24.8 Å². The lowest BCUT2D eigenvalue weighted by molar-refractivity contribution is 0.102. The van der Waals surface area contributed by atoms with Crippen LogP contribution in [-0.2, 0) is 10.0 Å². The fourth-order valence-corrected chi connectivity index (χ4v) is 5.37. The van der Waals surface area contributed by atoms with Gasteiger partial charge in [-0.25, -0.2) is 8.42 Å². The van der Waals surface area contributed by atoms with E-state index in [-0.39, 0.29) is 28.2 Å². The maximum Gasteiger partial charge on any atom is 0.255 e. The summed E-state index contributed by atoms with van der Waals surface area (Å²) in [5, 5.41) is 2.84. The maximum absolute atomic E-state index is 13.3. The SMILES string of the molecule is COc1ccc(C(=O)Nc2ccccc2C)cc1S(=O)(=O)N1CCCC[C@H]1C. The molecule has 1 fully saturated rings. The monoisotopic (exact) mass is 402 g/mol. The molecule has 1 amide bonds. The third kappa shape index (κ3) is 4.05. The summed E-state index contributed by atoms with van der Waals surface area (Å²) in [5.41, 5.74) is 1.89. The molecule has 6 nitrogen and oxygen atoms in total. The topological polar surface area (TPSA) is 75.7 Å². The third-order valence-electron chi connectivity index (χ3n) is 5.15. The number of ether oxygens (including phenoxy) is 1. The Labute approximate surface area is 166 Å². The van der Waals surface area contributed by atoms with Crippen molar-refractivity contribution in [1.29, 1.82) is 0 Å². The quantitative estimate of drug-likeness (QED) is 0.825. The van der Waals surface area contributed by atoms with Crippen molar-refractivity contribution in [2.45, 2.75) is 44.0 Å². The highest BCUT2D eigenvalue weighted by molar-refractivity contribution is 7.89. The van der Waals surface area contributed by atoms with E-state index in [0.29, 0.717) is 12.2 Å². The van der Waals surface area contributed by atoms with Gasteiger partial charge in [0.1, 0.15) is 10.6 Å². The molecular formula is C21H26N2O4S. The van der Waals surface area contributed by atoms with Crippen LogP contribution in [0.3, 0.4) is 0 Å². The first kappa shape index (κ1) is 20.4. The average Bonchev–Trinajstić information content (AvgIpc) is 2.69. The van der Waals surface area contributed by atoms with Crippen LogP contribution in [0.15, 0.2) is 47.4 Å². The Morgan fingerprint density at radius 2 is 1.93 bits per heavy atom. The number of hydrogen-bond donors (Lipinski definition) is 1. The van der Waals surface area contributed by atoms with Crippen molar-refractivity contribution in [3.8, 4) is 5.75 Å². The van der Waals surface area contributed by atoms with Gasteiger partial charge in [-0.3, -0.25) is 4.79 Å². The molecule has 7 heteroatoms. The summed E-state index contributed by atoms with van der Waals surface area (Å²) in [5.74, 6) is -0.120. The third-order valence-corrected chi connectivity index (χ3v) is 7.18. The predicted octanol–water partition coefficient (Wildman–Crippen LogP) is 3.82. The van der Waals surface area contributed by atoms with E-state index in [1.807, 2.05) is 38.1 Å². The second-order valence-electron chi connectivity index (χ2n) is 7.10. The predicted molar refractivity (Wildman–Crippen MR) is 109 cm³/mol. The number of hydrogen-bond acceptors (Lipinski definition) is 4. The number of nitrogens with one attached hydrogen (secondary N) is 1. The number of carbonyl (C=O) groups is 1. The molecule has 1 heterocycles. The van der Waals surface area contributed by atoms with Gasteiger partial charge >= 0.3 is 0 Å². The molecule has 1 aliphatic heterocycles. The minimum Gasteiger partial charge on any atom is -0.495 e. The molecule has 28 heavy (non-hydrogen) atoms. The number of amides is 1. The molecule has 0 unspecified atom stereocenters. The second-order valence-corrected chi connectivity index (χ2v) is 8.95. The number of sulfonamides is 1. The van der Waals surface area contributed by atoms with E-state index in [1.54, 1.807) is 6.07 Å². The molecule has 2 aromatic rings. The Morgan fingerprint density at radius 3 is 2.61 bits per heavy atom. The van der Waals surface area contributed by atoms with Gasteiger partial charge < -0.3 is 10.1 Å². The van der Waals surface area contributed by atoms with Crippen molar-refractivity contribution >= 4 is 21.6 Å². The molecule has 0 spiro atoms. The molecular weight excluding hydrogens is 376 g/mol. The minimum absolute atomic E-state index is 0.0289. The molecule has 3 rings (SSSR count). The Kier molecular flexibility index (Phi) is 6.05. The van der Waals surface area contributed by atoms with Crippen LogP contribution in [-0.4, -0.2) is 38.3 Å². The highest BCUT2D eigenvalue weighted by Gasteiger charge is 2.33. The van der Waals surface area contributed by atoms with E-state index in [2.05, 4.69) is 5.32 Å². The fraction of sp³-hybridized carbons (Fsp3) is 0.381. The van der Waals surface area contributed by atoms with E-state index in [9.17, 15) is 13.2 Å². The molecule has 1 atom stereocenters. The van der Waals surface area contributed by atoms with Gasteiger partial charge in [-0.2, -0.15) is 4.31 Å². The van der Waals surface area contributed by atoms with Crippen LogP contribution in [0.1, 0.15) is 42.1 Å². The first-order chi connectivity index (χ1) is 13.3. The summed E-state index contributed by atoms with van der Waals surface area (Å²) in [7, 11) is -2.33. The lowest BCUT2D eigenvalue weighted by Gasteiger charge is -2.32. The first-order valence-corrected chi connectivity index (χ1v) is 10.9. The zero-order valence-corrected chi connectivity index (χ0v) is 17.3. The largest absolute Gasteiger partial charge is 0.495 e. The summed E-state index contributed by atoms with van der Waals surface area (Å²) in [4.78, 5) is 12.8. The van der Waals surface area contributed by atoms with Crippen LogP contribution < -0.4 is 10.1 Å². The lowest BCUT2D eigenvalue weighted by Crippen LogP contribution is -2.42. The lowest BCUT2D eigenvalue weighted by atomic mass is 10.1. The number of piperidine rings is 1. The van der Waals surface area contributed by atoms with Gasteiger partial charge in [0.2, 0.25) is 10.0 Å².